The molecule has 0 atom stereocenters. The fraction of sp³-hybridized carbons (Fsp3) is 0.154. The Morgan fingerprint density at radius 1 is 1.00 bits per heavy atom. The van der Waals surface area contributed by atoms with Crippen molar-refractivity contribution in [1.82, 2.24) is 9.88 Å². The molecule has 0 radical (unpaired) electrons. The summed E-state index contributed by atoms with van der Waals surface area (Å²) in [5.74, 6) is -3.63. The number of halogens is 2. The molecule has 6 nitrogen and oxygen atoms in total. The third kappa shape index (κ3) is 5.23. The number of para-hydroxylation sites is 2. The van der Waals surface area contributed by atoms with Crippen LogP contribution < -0.4 is 4.74 Å². The maximum atomic E-state index is 14.2. The van der Waals surface area contributed by atoms with E-state index in [0.29, 0.717) is 18.5 Å². The minimum Gasteiger partial charge on any atom is -0.480 e. The van der Waals surface area contributed by atoms with Crippen molar-refractivity contribution in [3.05, 3.63) is 101 Å². The summed E-state index contributed by atoms with van der Waals surface area (Å²) in [6.45, 7) is -0.153. The first kappa shape index (κ1) is 23.0. The quantitative estimate of drug-likeness (QED) is 0.373. The van der Waals surface area contributed by atoms with Crippen LogP contribution in [0.15, 0.2) is 72.9 Å². The van der Waals surface area contributed by atoms with Crippen LogP contribution in [0.5, 0.6) is 5.75 Å². The predicted molar refractivity (Wildman–Crippen MR) is 123 cm³/mol. The molecule has 4 aromatic rings. The lowest BCUT2D eigenvalue weighted by Crippen LogP contribution is -2.36. The van der Waals surface area contributed by atoms with E-state index in [9.17, 15) is 23.5 Å². The molecular weight excluding hydrogens is 442 g/mol. The number of nitrogens with one attached hydrogen (secondary N) is 1. The molecule has 0 spiro atoms. The lowest BCUT2D eigenvalue weighted by atomic mass is 10.1. The molecule has 0 bridgehead atoms. The zero-order chi connectivity index (χ0) is 24.1. The van der Waals surface area contributed by atoms with Crippen LogP contribution in [0.2, 0.25) is 0 Å². The molecule has 2 N–H and O–H groups in total. The van der Waals surface area contributed by atoms with Crippen LogP contribution in [-0.4, -0.2) is 40.0 Å². The molecule has 4 rings (SSSR count). The van der Waals surface area contributed by atoms with E-state index in [1.165, 1.54) is 29.2 Å². The summed E-state index contributed by atoms with van der Waals surface area (Å²) in [5.41, 5.74) is 2.20. The predicted octanol–water partition coefficient (Wildman–Crippen LogP) is 4.79. The smallest absolute Gasteiger partial charge is 0.339 e. The summed E-state index contributed by atoms with van der Waals surface area (Å²) in [6.07, 6.45) is 2.40. The van der Waals surface area contributed by atoms with Crippen molar-refractivity contribution in [2.75, 3.05) is 13.2 Å². The summed E-state index contributed by atoms with van der Waals surface area (Å²) in [7, 11) is 0. The SMILES string of the molecule is O=C(O)c1cccc(F)c1OCC(=O)N(CCc1c[nH]c2ccccc12)Cc1cccc(F)c1. The van der Waals surface area contributed by atoms with Gasteiger partial charge >= 0.3 is 5.97 Å². The summed E-state index contributed by atoms with van der Waals surface area (Å²) < 4.78 is 33.2. The fourth-order valence-electron chi connectivity index (χ4n) is 3.79. The third-order valence-electron chi connectivity index (χ3n) is 5.48. The topological polar surface area (TPSA) is 82.6 Å². The van der Waals surface area contributed by atoms with E-state index in [1.54, 1.807) is 12.1 Å². The van der Waals surface area contributed by atoms with Gasteiger partial charge in [-0.2, -0.15) is 0 Å². The number of H-pyrrole nitrogens is 1. The van der Waals surface area contributed by atoms with Crippen LogP contribution in [-0.2, 0) is 17.8 Å². The number of carboxylic acid groups (broad SMARTS) is 1. The minimum atomic E-state index is -1.36. The highest BCUT2D eigenvalue weighted by atomic mass is 19.1. The zero-order valence-corrected chi connectivity index (χ0v) is 18.1. The first-order valence-electron chi connectivity index (χ1n) is 10.6. The molecule has 1 heterocycles. The Morgan fingerprint density at radius 3 is 2.59 bits per heavy atom. The lowest BCUT2D eigenvalue weighted by molar-refractivity contribution is -0.134. The van der Waals surface area contributed by atoms with Crippen molar-refractivity contribution in [1.29, 1.82) is 0 Å². The lowest BCUT2D eigenvalue weighted by Gasteiger charge is -2.23. The highest BCUT2D eigenvalue weighted by molar-refractivity contribution is 5.91. The van der Waals surface area contributed by atoms with E-state index in [1.807, 2.05) is 30.5 Å². The minimum absolute atomic E-state index is 0.116. The van der Waals surface area contributed by atoms with Gasteiger partial charge in [0.2, 0.25) is 0 Å². The summed E-state index contributed by atoms with van der Waals surface area (Å²) >= 11 is 0. The number of nitrogens with zero attached hydrogens (tertiary/aromatic N) is 1. The first-order chi connectivity index (χ1) is 16.4. The highest BCUT2D eigenvalue weighted by Gasteiger charge is 2.20. The van der Waals surface area contributed by atoms with Crippen LogP contribution in [0.25, 0.3) is 10.9 Å². The fourth-order valence-corrected chi connectivity index (χ4v) is 3.79. The number of carboxylic acids is 1. The molecule has 1 aromatic heterocycles. The van der Waals surface area contributed by atoms with Crippen molar-refractivity contribution in [3.8, 4) is 5.75 Å². The number of hydrogen-bond donors (Lipinski definition) is 2. The van der Waals surface area contributed by atoms with Crippen molar-refractivity contribution >= 4 is 22.8 Å². The number of amides is 1. The number of carbonyl (C=O) groups excluding carboxylic acids is 1. The second-order valence-electron chi connectivity index (χ2n) is 7.77. The Hall–Kier alpha value is -4.20. The monoisotopic (exact) mass is 464 g/mol. The summed E-state index contributed by atoms with van der Waals surface area (Å²) in [6, 6.07) is 17.2. The molecule has 174 valence electrons. The van der Waals surface area contributed by atoms with E-state index in [-0.39, 0.29) is 12.1 Å². The maximum Gasteiger partial charge on any atom is 0.339 e. The van der Waals surface area contributed by atoms with Gasteiger partial charge < -0.3 is 19.7 Å². The maximum absolute atomic E-state index is 14.2. The first-order valence-corrected chi connectivity index (χ1v) is 10.6. The van der Waals surface area contributed by atoms with Crippen molar-refractivity contribution < 1.29 is 28.2 Å². The van der Waals surface area contributed by atoms with E-state index in [2.05, 4.69) is 4.98 Å². The van der Waals surface area contributed by atoms with Gasteiger partial charge in [-0.1, -0.05) is 36.4 Å². The molecule has 0 aliphatic heterocycles. The second kappa shape index (κ2) is 10.2. The third-order valence-corrected chi connectivity index (χ3v) is 5.48. The number of fused-ring (bicyclic) bond motifs is 1. The van der Waals surface area contributed by atoms with Crippen molar-refractivity contribution in [2.45, 2.75) is 13.0 Å². The number of aromatic nitrogens is 1. The summed E-state index contributed by atoms with van der Waals surface area (Å²) in [4.78, 5) is 29.1. The molecule has 0 saturated heterocycles. The molecule has 0 unspecified atom stereocenters. The van der Waals surface area contributed by atoms with Crippen LogP contribution in [0, 0.1) is 11.6 Å². The Balaban J connectivity index is 1.52. The molecule has 1 amide bonds. The molecule has 0 saturated carbocycles. The van der Waals surface area contributed by atoms with Crippen molar-refractivity contribution in [2.24, 2.45) is 0 Å². The Labute approximate surface area is 194 Å². The number of carbonyl (C=O) groups is 2. The van der Waals surface area contributed by atoms with Gasteiger partial charge in [-0.3, -0.25) is 4.79 Å². The molecule has 0 fully saturated rings. The van der Waals surface area contributed by atoms with Crippen LogP contribution in [0.1, 0.15) is 21.5 Å². The largest absolute Gasteiger partial charge is 0.480 e. The standard InChI is InChI=1S/C26H22F2N2O4/c27-19-6-3-5-17(13-19)15-30(12-11-18-14-29-23-10-2-1-7-20(18)23)24(31)16-34-25-21(26(32)33)8-4-9-22(25)28/h1-10,13-14,29H,11-12,15-16H2,(H,32,33). The molecule has 8 heteroatoms. The number of aromatic carboxylic acids is 1. The molecule has 34 heavy (non-hydrogen) atoms. The van der Waals surface area contributed by atoms with E-state index in [0.717, 1.165) is 22.5 Å². The molecular formula is C26H22F2N2O4. The summed E-state index contributed by atoms with van der Waals surface area (Å²) in [5, 5.41) is 10.3. The van der Waals surface area contributed by atoms with Gasteiger partial charge in [-0.05, 0) is 47.9 Å². The van der Waals surface area contributed by atoms with Crippen LogP contribution in [0.4, 0.5) is 8.78 Å². The average molecular weight is 464 g/mol. The van der Waals surface area contributed by atoms with E-state index < -0.39 is 35.9 Å². The highest BCUT2D eigenvalue weighted by Crippen LogP contribution is 2.23. The number of benzene rings is 3. The molecule has 3 aromatic carbocycles. The van der Waals surface area contributed by atoms with E-state index in [4.69, 9.17) is 4.74 Å². The van der Waals surface area contributed by atoms with Gasteiger partial charge in [0.25, 0.3) is 5.91 Å². The van der Waals surface area contributed by atoms with Gasteiger partial charge in [-0.15, -0.1) is 0 Å². The normalized spacial score (nSPS) is 10.9. The Kier molecular flexibility index (Phi) is 6.87. The van der Waals surface area contributed by atoms with Gasteiger partial charge in [0, 0.05) is 30.2 Å². The average Bonchev–Trinajstić information content (AvgIpc) is 3.23. The van der Waals surface area contributed by atoms with E-state index >= 15 is 0 Å². The number of rotatable bonds is 9. The number of hydrogen-bond acceptors (Lipinski definition) is 3. The van der Waals surface area contributed by atoms with Gasteiger partial charge in [0.05, 0.1) is 0 Å². The van der Waals surface area contributed by atoms with Gasteiger partial charge in [0.15, 0.2) is 18.2 Å². The van der Waals surface area contributed by atoms with Gasteiger partial charge in [0.1, 0.15) is 11.4 Å². The molecule has 0 aliphatic carbocycles. The number of aromatic amines is 1. The molecule has 0 aliphatic rings. The second-order valence-corrected chi connectivity index (χ2v) is 7.77. The Morgan fingerprint density at radius 2 is 1.79 bits per heavy atom. The van der Waals surface area contributed by atoms with Crippen LogP contribution >= 0.6 is 0 Å². The van der Waals surface area contributed by atoms with Crippen molar-refractivity contribution in [3.63, 3.8) is 0 Å². The zero-order valence-electron chi connectivity index (χ0n) is 18.1. The Bertz CT molecular complexity index is 1340. The van der Waals surface area contributed by atoms with Crippen LogP contribution in [0.3, 0.4) is 0 Å². The van der Waals surface area contributed by atoms with Gasteiger partial charge in [-0.25, -0.2) is 13.6 Å². The number of ether oxygens (including phenoxy) is 1.